The minimum atomic E-state index is -0.696. The van der Waals surface area contributed by atoms with Crippen molar-refractivity contribution in [3.63, 3.8) is 0 Å². The average molecular weight is 449 g/mol. The molecule has 4 rings (SSSR count). The van der Waals surface area contributed by atoms with Crippen molar-refractivity contribution in [1.29, 1.82) is 0 Å². The Kier molecular flexibility index (Phi) is 6.58. The van der Waals surface area contributed by atoms with Gasteiger partial charge < -0.3 is 10.1 Å². The van der Waals surface area contributed by atoms with Crippen molar-refractivity contribution in [3.8, 4) is 0 Å². The van der Waals surface area contributed by atoms with Crippen molar-refractivity contribution >= 4 is 35.1 Å². The summed E-state index contributed by atoms with van der Waals surface area (Å²) in [6.07, 6.45) is 3.26. The molecule has 1 saturated heterocycles. The van der Waals surface area contributed by atoms with Gasteiger partial charge in [0.25, 0.3) is 5.91 Å². The lowest BCUT2D eigenvalue weighted by molar-refractivity contribution is -0.122. The highest BCUT2D eigenvalue weighted by Gasteiger charge is 2.50. The first kappa shape index (κ1) is 22.7. The van der Waals surface area contributed by atoms with Gasteiger partial charge in [0, 0.05) is 5.69 Å². The van der Waals surface area contributed by atoms with Gasteiger partial charge in [0.2, 0.25) is 11.8 Å². The number of nitrogens with zero attached hydrogens (tertiary/aromatic N) is 1. The zero-order valence-electron chi connectivity index (χ0n) is 18.9. The van der Waals surface area contributed by atoms with E-state index in [-0.39, 0.29) is 29.2 Å². The molecule has 2 aliphatic rings. The molecule has 2 fully saturated rings. The number of imide groups is 1. The maximum Gasteiger partial charge on any atom is 0.338 e. The summed E-state index contributed by atoms with van der Waals surface area (Å²) in [6.45, 7) is 3.71. The number of amides is 3. The number of carbonyl (C=O) groups excluding carboxylic acids is 4. The molecule has 33 heavy (non-hydrogen) atoms. The molecule has 0 bridgehead atoms. The van der Waals surface area contributed by atoms with Crippen molar-refractivity contribution in [2.75, 3.05) is 16.8 Å². The third kappa shape index (κ3) is 4.82. The van der Waals surface area contributed by atoms with Crippen molar-refractivity contribution in [1.82, 2.24) is 0 Å². The normalized spacial score (nSPS) is 22.1. The first-order chi connectivity index (χ1) is 15.9. The highest BCUT2D eigenvalue weighted by Crippen LogP contribution is 2.42. The molecule has 1 heterocycles. The molecule has 1 saturated carbocycles. The van der Waals surface area contributed by atoms with E-state index in [1.165, 1.54) is 17.0 Å². The molecule has 1 aliphatic heterocycles. The lowest BCUT2D eigenvalue weighted by Crippen LogP contribution is -2.31. The van der Waals surface area contributed by atoms with E-state index in [9.17, 15) is 19.2 Å². The van der Waals surface area contributed by atoms with E-state index in [1.807, 2.05) is 19.1 Å². The molecule has 2 aromatic rings. The second-order valence-electron chi connectivity index (χ2n) is 8.87. The molecular formula is C26H28N2O5. The number of esters is 1. The van der Waals surface area contributed by atoms with Gasteiger partial charge in [0.05, 0.1) is 23.1 Å². The van der Waals surface area contributed by atoms with Crippen molar-refractivity contribution in [2.45, 2.75) is 39.5 Å². The second-order valence-corrected chi connectivity index (χ2v) is 8.87. The maximum atomic E-state index is 12.9. The van der Waals surface area contributed by atoms with Crippen LogP contribution in [0.25, 0.3) is 0 Å². The van der Waals surface area contributed by atoms with Crippen molar-refractivity contribution in [2.24, 2.45) is 17.8 Å². The molecule has 172 valence electrons. The Bertz CT molecular complexity index is 1080. The quantitative estimate of drug-likeness (QED) is 0.533. The van der Waals surface area contributed by atoms with Crippen LogP contribution in [0, 0.1) is 17.8 Å². The molecule has 7 heteroatoms. The molecule has 0 radical (unpaired) electrons. The van der Waals surface area contributed by atoms with Crippen LogP contribution in [0.2, 0.25) is 0 Å². The molecule has 7 nitrogen and oxygen atoms in total. The number of aryl methyl sites for hydroxylation is 1. The fraction of sp³-hybridized carbons (Fsp3) is 0.385. The summed E-state index contributed by atoms with van der Waals surface area (Å²) in [5.74, 6) is -1.69. The fourth-order valence-electron chi connectivity index (χ4n) is 4.65. The lowest BCUT2D eigenvalue weighted by atomic mass is 9.76. The Morgan fingerprint density at radius 3 is 2.48 bits per heavy atom. The van der Waals surface area contributed by atoms with E-state index in [2.05, 4.69) is 12.2 Å². The Morgan fingerprint density at radius 1 is 1.03 bits per heavy atom. The van der Waals surface area contributed by atoms with Gasteiger partial charge in [0.1, 0.15) is 0 Å². The highest BCUT2D eigenvalue weighted by molar-refractivity contribution is 6.22. The number of carbonyl (C=O) groups is 4. The van der Waals surface area contributed by atoms with Crippen LogP contribution >= 0.6 is 0 Å². The zero-order valence-corrected chi connectivity index (χ0v) is 18.9. The average Bonchev–Trinajstić information content (AvgIpc) is 3.07. The molecule has 2 aromatic carbocycles. The van der Waals surface area contributed by atoms with E-state index < -0.39 is 18.5 Å². The van der Waals surface area contributed by atoms with Crippen LogP contribution in [-0.4, -0.2) is 30.3 Å². The van der Waals surface area contributed by atoms with E-state index in [1.54, 1.807) is 24.3 Å². The van der Waals surface area contributed by atoms with Crippen LogP contribution in [0.15, 0.2) is 48.5 Å². The summed E-state index contributed by atoms with van der Waals surface area (Å²) in [5, 5.41) is 2.69. The Hall–Kier alpha value is -3.48. The smallest absolute Gasteiger partial charge is 0.338 e. The van der Waals surface area contributed by atoms with Crippen molar-refractivity contribution in [3.05, 3.63) is 59.7 Å². The van der Waals surface area contributed by atoms with Gasteiger partial charge in [0.15, 0.2) is 6.61 Å². The molecule has 0 unspecified atom stereocenters. The minimum Gasteiger partial charge on any atom is -0.452 e. The fourth-order valence-corrected chi connectivity index (χ4v) is 4.65. The van der Waals surface area contributed by atoms with Crippen LogP contribution in [0.4, 0.5) is 11.4 Å². The summed E-state index contributed by atoms with van der Waals surface area (Å²) in [7, 11) is 0. The van der Waals surface area contributed by atoms with Gasteiger partial charge in [-0.2, -0.15) is 0 Å². The summed E-state index contributed by atoms with van der Waals surface area (Å²) < 4.78 is 5.15. The number of rotatable bonds is 6. The molecule has 3 amide bonds. The number of anilines is 2. The molecule has 1 N–H and O–H groups in total. The van der Waals surface area contributed by atoms with Crippen LogP contribution in [0.5, 0.6) is 0 Å². The minimum absolute atomic E-state index is 0.177. The number of benzene rings is 2. The third-order valence-electron chi connectivity index (χ3n) is 6.51. The van der Waals surface area contributed by atoms with E-state index in [0.29, 0.717) is 30.1 Å². The van der Waals surface area contributed by atoms with Gasteiger partial charge in [-0.25, -0.2) is 4.79 Å². The Morgan fingerprint density at radius 2 is 1.76 bits per heavy atom. The predicted octanol–water partition coefficient (Wildman–Crippen LogP) is 3.97. The van der Waals surface area contributed by atoms with Crippen LogP contribution < -0.4 is 10.2 Å². The van der Waals surface area contributed by atoms with E-state index in [4.69, 9.17) is 4.74 Å². The van der Waals surface area contributed by atoms with Crippen molar-refractivity contribution < 1.29 is 23.9 Å². The topological polar surface area (TPSA) is 92.8 Å². The molecule has 0 spiro atoms. The largest absolute Gasteiger partial charge is 0.452 e. The standard InChI is InChI=1S/C26H28N2O5/c1-3-17-8-10-19(11-9-17)27-23(29)15-33-26(32)18-5-4-6-20(14-18)28-24(30)21-12-7-16(2)13-22(21)25(28)31/h4-6,8-11,14,16,21-22H,3,7,12-13,15H2,1-2H3,(H,27,29)/t16-,21-,22-/m1/s1. The molecule has 0 aromatic heterocycles. The summed E-state index contributed by atoms with van der Waals surface area (Å²) in [5.41, 5.74) is 2.32. The summed E-state index contributed by atoms with van der Waals surface area (Å²) in [4.78, 5) is 51.7. The molecule has 3 atom stereocenters. The van der Waals surface area contributed by atoms with E-state index >= 15 is 0 Å². The monoisotopic (exact) mass is 448 g/mol. The number of hydrogen-bond donors (Lipinski definition) is 1. The first-order valence-corrected chi connectivity index (χ1v) is 11.4. The molecular weight excluding hydrogens is 420 g/mol. The van der Waals surface area contributed by atoms with Gasteiger partial charge >= 0.3 is 5.97 Å². The Balaban J connectivity index is 1.39. The van der Waals surface area contributed by atoms with Gasteiger partial charge in [-0.1, -0.05) is 32.0 Å². The highest BCUT2D eigenvalue weighted by atomic mass is 16.5. The predicted molar refractivity (Wildman–Crippen MR) is 124 cm³/mol. The first-order valence-electron chi connectivity index (χ1n) is 11.4. The van der Waals surface area contributed by atoms with Gasteiger partial charge in [-0.05, 0) is 67.5 Å². The Labute approximate surface area is 193 Å². The third-order valence-corrected chi connectivity index (χ3v) is 6.51. The lowest BCUT2D eigenvalue weighted by Gasteiger charge is -2.25. The van der Waals surface area contributed by atoms with Crippen LogP contribution in [0.3, 0.4) is 0 Å². The zero-order chi connectivity index (χ0) is 23.5. The number of fused-ring (bicyclic) bond motifs is 1. The van der Waals surface area contributed by atoms with E-state index in [0.717, 1.165) is 18.4 Å². The van der Waals surface area contributed by atoms with Gasteiger partial charge in [-0.15, -0.1) is 0 Å². The number of ether oxygens (including phenoxy) is 1. The molecule has 1 aliphatic carbocycles. The number of nitrogens with one attached hydrogen (secondary N) is 1. The van der Waals surface area contributed by atoms with Crippen LogP contribution in [-0.2, 0) is 25.5 Å². The second kappa shape index (κ2) is 9.57. The SMILES string of the molecule is CCc1ccc(NC(=O)COC(=O)c2cccc(N3C(=O)[C@@H]4CC[C@@H](C)C[C@H]4C3=O)c2)cc1. The maximum absolute atomic E-state index is 12.9. The number of hydrogen-bond acceptors (Lipinski definition) is 5. The van der Waals surface area contributed by atoms with Gasteiger partial charge in [-0.3, -0.25) is 19.3 Å². The summed E-state index contributed by atoms with van der Waals surface area (Å²) in [6, 6.07) is 13.7. The summed E-state index contributed by atoms with van der Waals surface area (Å²) >= 11 is 0. The van der Waals surface area contributed by atoms with Crippen LogP contribution in [0.1, 0.15) is 49.0 Å².